The van der Waals surface area contributed by atoms with Crippen molar-refractivity contribution >= 4 is 33.6 Å². The van der Waals surface area contributed by atoms with Gasteiger partial charge in [-0.3, -0.25) is 0 Å². The quantitative estimate of drug-likeness (QED) is 0.680. The normalized spacial score (nSPS) is 11.9. The molecule has 0 bridgehead atoms. The van der Waals surface area contributed by atoms with E-state index in [1.54, 1.807) is 33.8 Å². The lowest BCUT2D eigenvalue weighted by molar-refractivity contribution is 0.0438. The zero-order valence-corrected chi connectivity index (χ0v) is 18.2. The number of carbonyl (C=O) groups excluding carboxylic acids is 2. The monoisotopic (exact) mass is 443 g/mol. The van der Waals surface area contributed by atoms with Crippen molar-refractivity contribution in [1.82, 2.24) is 4.72 Å². The molecular weight excluding hydrogens is 422 g/mol. The van der Waals surface area contributed by atoms with E-state index >= 15 is 0 Å². The molecule has 0 fully saturated rings. The Kier molecular flexibility index (Phi) is 6.77. The molecule has 10 heteroatoms. The summed E-state index contributed by atoms with van der Waals surface area (Å²) in [6.07, 6.45) is 0. The molecule has 0 saturated carbocycles. The summed E-state index contributed by atoms with van der Waals surface area (Å²) in [4.78, 5) is 23.7. The van der Waals surface area contributed by atoms with E-state index in [4.69, 9.17) is 20.8 Å². The molecule has 158 valence electrons. The van der Waals surface area contributed by atoms with Crippen LogP contribution < -0.4 is 4.72 Å². The van der Waals surface area contributed by atoms with E-state index in [2.05, 4.69) is 9.46 Å². The van der Waals surface area contributed by atoms with Gasteiger partial charge in [0.05, 0.1) is 17.7 Å². The van der Waals surface area contributed by atoms with Gasteiger partial charge in [-0.05, 0) is 52.0 Å². The van der Waals surface area contributed by atoms with Crippen molar-refractivity contribution in [3.8, 4) is 0 Å². The molecule has 0 aliphatic rings. The van der Waals surface area contributed by atoms with Crippen LogP contribution in [0.15, 0.2) is 33.6 Å². The number of carbonyl (C=O) groups is 2. The molecule has 0 aliphatic carbocycles. The molecule has 0 spiro atoms. The van der Waals surface area contributed by atoms with Gasteiger partial charge in [0.1, 0.15) is 17.3 Å². The molecule has 1 aromatic heterocycles. The minimum absolute atomic E-state index is 0.000142. The van der Waals surface area contributed by atoms with Crippen LogP contribution >= 0.6 is 11.6 Å². The van der Waals surface area contributed by atoms with Gasteiger partial charge < -0.3 is 13.9 Å². The van der Waals surface area contributed by atoms with Crippen LogP contribution in [0.5, 0.6) is 0 Å². The smallest absolute Gasteiger partial charge is 0.374 e. The lowest BCUT2D eigenvalue weighted by Crippen LogP contribution is -2.40. The number of hydrogen-bond donors (Lipinski definition) is 1. The molecule has 0 saturated heterocycles. The van der Waals surface area contributed by atoms with Gasteiger partial charge in [-0.1, -0.05) is 11.6 Å². The zero-order chi connectivity index (χ0) is 22.0. The second-order valence-corrected chi connectivity index (χ2v) is 9.35. The average molecular weight is 444 g/mol. The Labute approximate surface area is 174 Å². The van der Waals surface area contributed by atoms with E-state index in [0.717, 1.165) is 6.07 Å². The summed E-state index contributed by atoms with van der Waals surface area (Å²) in [5.74, 6) is -1.15. The van der Waals surface area contributed by atoms with Crippen molar-refractivity contribution < 1.29 is 31.9 Å². The lowest BCUT2D eigenvalue weighted by Gasteiger charge is -2.21. The number of esters is 2. The molecule has 1 heterocycles. The maximum Gasteiger partial charge on any atom is 0.374 e. The standard InChI is InChI=1S/C19H22ClNO7S/c1-11-8-13(28-16(11)18(23)26-5)10-27-17(22)12-6-7-14(20)15(9-12)29(24,25)21-19(2,3)4/h6-9,21H,10H2,1-5H3. The van der Waals surface area contributed by atoms with Crippen LogP contribution in [0.1, 0.15) is 53.0 Å². The predicted molar refractivity (Wildman–Crippen MR) is 105 cm³/mol. The number of methoxy groups -OCH3 is 1. The summed E-state index contributed by atoms with van der Waals surface area (Å²) in [6.45, 7) is 6.46. The lowest BCUT2D eigenvalue weighted by atomic mass is 10.1. The highest BCUT2D eigenvalue weighted by Crippen LogP contribution is 2.25. The third-order valence-electron chi connectivity index (χ3n) is 3.58. The Hall–Kier alpha value is -2.36. The van der Waals surface area contributed by atoms with Crippen molar-refractivity contribution in [2.24, 2.45) is 0 Å². The van der Waals surface area contributed by atoms with Crippen LogP contribution in [0.25, 0.3) is 0 Å². The van der Waals surface area contributed by atoms with Crippen LogP contribution in [0.2, 0.25) is 5.02 Å². The zero-order valence-electron chi connectivity index (χ0n) is 16.7. The summed E-state index contributed by atoms with van der Waals surface area (Å²) >= 11 is 6.02. The van der Waals surface area contributed by atoms with Crippen molar-refractivity contribution in [2.75, 3.05) is 7.11 Å². The number of nitrogens with one attached hydrogen (secondary N) is 1. The second kappa shape index (κ2) is 8.56. The van der Waals surface area contributed by atoms with Gasteiger partial charge in [-0.25, -0.2) is 22.7 Å². The van der Waals surface area contributed by atoms with E-state index in [9.17, 15) is 18.0 Å². The van der Waals surface area contributed by atoms with Crippen molar-refractivity contribution in [3.05, 3.63) is 51.9 Å². The number of benzene rings is 1. The Bertz CT molecular complexity index is 1040. The number of sulfonamides is 1. The first-order valence-electron chi connectivity index (χ1n) is 8.52. The van der Waals surface area contributed by atoms with E-state index in [1.165, 1.54) is 19.2 Å². The van der Waals surface area contributed by atoms with Gasteiger partial charge in [-0.15, -0.1) is 0 Å². The van der Waals surface area contributed by atoms with Gasteiger partial charge in [0.15, 0.2) is 0 Å². The molecule has 0 radical (unpaired) electrons. The van der Waals surface area contributed by atoms with Gasteiger partial charge in [0.2, 0.25) is 15.8 Å². The number of furan rings is 1. The molecule has 1 N–H and O–H groups in total. The fourth-order valence-corrected chi connectivity index (χ4v) is 4.37. The Balaban J connectivity index is 2.19. The van der Waals surface area contributed by atoms with Crippen LogP contribution in [0, 0.1) is 6.92 Å². The first kappa shape index (κ1) is 22.9. The van der Waals surface area contributed by atoms with E-state index < -0.39 is 27.5 Å². The van der Waals surface area contributed by atoms with Gasteiger partial charge in [0.25, 0.3) is 0 Å². The van der Waals surface area contributed by atoms with Gasteiger partial charge in [0, 0.05) is 11.1 Å². The molecule has 1 aromatic carbocycles. The Morgan fingerprint density at radius 2 is 1.83 bits per heavy atom. The average Bonchev–Trinajstić information content (AvgIpc) is 2.98. The minimum Gasteiger partial charge on any atom is -0.463 e. The number of rotatable bonds is 6. The third kappa shape index (κ3) is 5.81. The number of hydrogen-bond acceptors (Lipinski definition) is 7. The third-order valence-corrected chi connectivity index (χ3v) is 5.82. The van der Waals surface area contributed by atoms with E-state index in [-0.39, 0.29) is 33.6 Å². The number of aryl methyl sites for hydroxylation is 1. The topological polar surface area (TPSA) is 112 Å². The summed E-state index contributed by atoms with van der Waals surface area (Å²) in [5, 5.41) is -0.0253. The number of ether oxygens (including phenoxy) is 2. The van der Waals surface area contributed by atoms with E-state index in [1.807, 2.05) is 0 Å². The van der Waals surface area contributed by atoms with Crippen LogP contribution in [-0.4, -0.2) is 33.0 Å². The van der Waals surface area contributed by atoms with Gasteiger partial charge in [-0.2, -0.15) is 0 Å². The Morgan fingerprint density at radius 3 is 2.41 bits per heavy atom. The van der Waals surface area contributed by atoms with Crippen molar-refractivity contribution in [2.45, 2.75) is 44.7 Å². The molecule has 0 unspecified atom stereocenters. The molecule has 0 atom stereocenters. The largest absolute Gasteiger partial charge is 0.463 e. The highest BCUT2D eigenvalue weighted by atomic mass is 35.5. The predicted octanol–water partition coefficient (Wildman–Crippen LogP) is 3.46. The minimum atomic E-state index is -3.95. The second-order valence-electron chi connectivity index (χ2n) is 7.29. The van der Waals surface area contributed by atoms with Crippen molar-refractivity contribution in [3.63, 3.8) is 0 Å². The molecule has 2 rings (SSSR count). The van der Waals surface area contributed by atoms with Crippen LogP contribution in [0.3, 0.4) is 0 Å². The summed E-state index contributed by atoms with van der Waals surface area (Å²) in [6, 6.07) is 5.35. The maximum absolute atomic E-state index is 12.5. The van der Waals surface area contributed by atoms with E-state index in [0.29, 0.717) is 5.56 Å². The fourth-order valence-electron chi connectivity index (χ4n) is 2.43. The number of halogens is 1. The first-order valence-corrected chi connectivity index (χ1v) is 10.4. The maximum atomic E-state index is 12.5. The summed E-state index contributed by atoms with van der Waals surface area (Å²) in [5.41, 5.74) is -0.191. The molecule has 8 nitrogen and oxygen atoms in total. The molecule has 0 aliphatic heterocycles. The highest BCUT2D eigenvalue weighted by Gasteiger charge is 2.26. The SMILES string of the molecule is COC(=O)c1oc(COC(=O)c2ccc(Cl)c(S(=O)(=O)NC(C)(C)C)c2)cc1C. The fraction of sp³-hybridized carbons (Fsp3) is 0.368. The highest BCUT2D eigenvalue weighted by molar-refractivity contribution is 7.89. The Morgan fingerprint density at radius 1 is 1.17 bits per heavy atom. The summed E-state index contributed by atoms with van der Waals surface area (Å²) in [7, 11) is -2.72. The van der Waals surface area contributed by atoms with Crippen LogP contribution in [0.4, 0.5) is 0 Å². The molecule has 2 aromatic rings. The first-order chi connectivity index (χ1) is 13.3. The van der Waals surface area contributed by atoms with Gasteiger partial charge >= 0.3 is 11.9 Å². The van der Waals surface area contributed by atoms with Crippen molar-refractivity contribution in [1.29, 1.82) is 0 Å². The molecule has 29 heavy (non-hydrogen) atoms. The summed E-state index contributed by atoms with van der Waals surface area (Å²) < 4.78 is 42.7. The molecular formula is C19H22ClNO7S. The van der Waals surface area contributed by atoms with Crippen LogP contribution in [-0.2, 0) is 26.1 Å². The molecule has 0 amide bonds.